The van der Waals surface area contributed by atoms with Crippen molar-refractivity contribution in [3.8, 4) is 11.5 Å². The third-order valence-corrected chi connectivity index (χ3v) is 4.04. The highest BCUT2D eigenvalue weighted by Crippen LogP contribution is 2.39. The lowest BCUT2D eigenvalue weighted by atomic mass is 9.98. The summed E-state index contributed by atoms with van der Waals surface area (Å²) < 4.78 is 24.5. The number of ether oxygens (including phenoxy) is 2. The predicted molar refractivity (Wildman–Crippen MR) is 79.9 cm³/mol. The average molecular weight is 328 g/mol. The van der Waals surface area contributed by atoms with E-state index in [4.69, 9.17) is 38.4 Å². The smallest absolute Gasteiger partial charge is 0.162 e. The van der Waals surface area contributed by atoms with Gasteiger partial charge in [0, 0.05) is 11.1 Å². The Kier molecular flexibility index (Phi) is 3.93. The van der Waals surface area contributed by atoms with Gasteiger partial charge in [0.1, 0.15) is 19.0 Å². The van der Waals surface area contributed by atoms with Gasteiger partial charge in [-0.25, -0.2) is 4.39 Å². The van der Waals surface area contributed by atoms with Crippen molar-refractivity contribution in [2.45, 2.75) is 6.04 Å². The summed E-state index contributed by atoms with van der Waals surface area (Å²) in [5.41, 5.74) is 7.26. The second-order valence-corrected chi connectivity index (χ2v) is 5.42. The molecule has 2 N–H and O–H groups in total. The SMILES string of the molecule is NC(c1cc2c(cc1Cl)OCCO2)c1cccc(F)c1Cl. The molecule has 1 unspecified atom stereocenters. The van der Waals surface area contributed by atoms with Gasteiger partial charge in [-0.2, -0.15) is 0 Å². The van der Waals surface area contributed by atoms with E-state index in [1.54, 1.807) is 24.3 Å². The number of hydrogen-bond donors (Lipinski definition) is 1. The van der Waals surface area contributed by atoms with Crippen molar-refractivity contribution < 1.29 is 13.9 Å². The first kappa shape index (κ1) is 14.4. The molecule has 110 valence electrons. The van der Waals surface area contributed by atoms with Gasteiger partial charge >= 0.3 is 0 Å². The summed E-state index contributed by atoms with van der Waals surface area (Å²) in [4.78, 5) is 0. The maximum atomic E-state index is 13.6. The molecule has 1 atom stereocenters. The van der Waals surface area contributed by atoms with Crippen LogP contribution in [0, 0.1) is 5.82 Å². The van der Waals surface area contributed by atoms with E-state index >= 15 is 0 Å². The Morgan fingerprint density at radius 3 is 2.43 bits per heavy atom. The number of benzene rings is 2. The van der Waals surface area contributed by atoms with E-state index in [0.717, 1.165) is 0 Å². The van der Waals surface area contributed by atoms with Gasteiger partial charge in [-0.1, -0.05) is 35.3 Å². The molecule has 0 saturated carbocycles. The van der Waals surface area contributed by atoms with Crippen molar-refractivity contribution >= 4 is 23.2 Å². The summed E-state index contributed by atoms with van der Waals surface area (Å²) in [6.45, 7) is 0.939. The highest BCUT2D eigenvalue weighted by atomic mass is 35.5. The quantitative estimate of drug-likeness (QED) is 0.908. The van der Waals surface area contributed by atoms with E-state index in [1.165, 1.54) is 6.07 Å². The number of fused-ring (bicyclic) bond motifs is 1. The summed E-state index contributed by atoms with van der Waals surface area (Å²) in [5.74, 6) is 0.634. The third-order valence-electron chi connectivity index (χ3n) is 3.31. The van der Waals surface area contributed by atoms with Crippen molar-refractivity contribution in [1.82, 2.24) is 0 Å². The zero-order valence-electron chi connectivity index (χ0n) is 10.9. The van der Waals surface area contributed by atoms with Gasteiger partial charge in [-0.05, 0) is 23.3 Å². The highest BCUT2D eigenvalue weighted by Gasteiger charge is 2.21. The first-order valence-electron chi connectivity index (χ1n) is 6.36. The lowest BCUT2D eigenvalue weighted by Crippen LogP contribution is -2.18. The van der Waals surface area contributed by atoms with E-state index in [1.807, 2.05) is 0 Å². The lowest BCUT2D eigenvalue weighted by Gasteiger charge is -2.22. The van der Waals surface area contributed by atoms with Crippen molar-refractivity contribution in [2.75, 3.05) is 13.2 Å². The van der Waals surface area contributed by atoms with E-state index in [0.29, 0.717) is 40.9 Å². The van der Waals surface area contributed by atoms with Crippen LogP contribution < -0.4 is 15.2 Å². The van der Waals surface area contributed by atoms with Crippen LogP contribution in [0.3, 0.4) is 0 Å². The Morgan fingerprint density at radius 2 is 1.71 bits per heavy atom. The molecule has 0 radical (unpaired) electrons. The molecule has 3 rings (SSSR count). The van der Waals surface area contributed by atoms with Crippen LogP contribution in [0.1, 0.15) is 17.2 Å². The number of hydrogen-bond acceptors (Lipinski definition) is 3. The first-order chi connectivity index (χ1) is 10.1. The summed E-state index contributed by atoms with van der Waals surface area (Å²) in [6, 6.07) is 7.22. The van der Waals surface area contributed by atoms with Crippen LogP contribution in [-0.2, 0) is 0 Å². The summed E-state index contributed by atoms with van der Waals surface area (Å²) in [6.07, 6.45) is 0. The van der Waals surface area contributed by atoms with Gasteiger partial charge in [0.25, 0.3) is 0 Å². The minimum absolute atomic E-state index is 0.00374. The van der Waals surface area contributed by atoms with Crippen molar-refractivity contribution in [3.63, 3.8) is 0 Å². The Morgan fingerprint density at radius 1 is 1.05 bits per heavy atom. The Balaban J connectivity index is 2.05. The van der Waals surface area contributed by atoms with Crippen LogP contribution in [0.25, 0.3) is 0 Å². The summed E-state index contributed by atoms with van der Waals surface area (Å²) >= 11 is 12.2. The molecule has 2 aromatic rings. The van der Waals surface area contributed by atoms with Crippen molar-refractivity contribution in [3.05, 3.63) is 57.3 Å². The fraction of sp³-hybridized carbons (Fsp3) is 0.200. The molecular formula is C15H12Cl2FNO2. The zero-order valence-corrected chi connectivity index (χ0v) is 12.4. The third kappa shape index (κ3) is 2.67. The van der Waals surface area contributed by atoms with Crippen LogP contribution >= 0.6 is 23.2 Å². The highest BCUT2D eigenvalue weighted by molar-refractivity contribution is 6.32. The second kappa shape index (κ2) is 5.72. The number of rotatable bonds is 2. The number of nitrogens with two attached hydrogens (primary N) is 1. The van der Waals surface area contributed by atoms with Crippen LogP contribution in [0.15, 0.2) is 30.3 Å². The molecule has 1 heterocycles. The van der Waals surface area contributed by atoms with E-state index in [2.05, 4.69) is 0 Å². The second-order valence-electron chi connectivity index (χ2n) is 4.64. The molecule has 0 fully saturated rings. The van der Waals surface area contributed by atoms with Gasteiger partial charge in [0.15, 0.2) is 11.5 Å². The molecule has 0 saturated heterocycles. The standard InChI is InChI=1S/C15H12Cl2FNO2/c16-10-7-13-12(20-4-5-21-13)6-9(10)15(19)8-2-1-3-11(18)14(8)17/h1-3,6-7,15H,4-5,19H2. The minimum Gasteiger partial charge on any atom is -0.486 e. The normalized spacial score (nSPS) is 14.9. The fourth-order valence-electron chi connectivity index (χ4n) is 2.25. The van der Waals surface area contributed by atoms with Crippen LogP contribution in [0.5, 0.6) is 11.5 Å². The molecule has 0 bridgehead atoms. The maximum Gasteiger partial charge on any atom is 0.162 e. The molecule has 21 heavy (non-hydrogen) atoms. The first-order valence-corrected chi connectivity index (χ1v) is 7.12. The fourth-order valence-corrected chi connectivity index (χ4v) is 2.76. The predicted octanol–water partition coefficient (Wildman–Crippen LogP) is 3.95. The maximum absolute atomic E-state index is 13.6. The molecule has 0 spiro atoms. The topological polar surface area (TPSA) is 44.5 Å². The Bertz CT molecular complexity index is 694. The van der Waals surface area contributed by atoms with Crippen molar-refractivity contribution in [1.29, 1.82) is 0 Å². The largest absolute Gasteiger partial charge is 0.486 e. The van der Waals surface area contributed by atoms with Gasteiger partial charge in [0.05, 0.1) is 11.1 Å². The molecule has 3 nitrogen and oxygen atoms in total. The molecule has 0 aliphatic carbocycles. The number of halogens is 3. The van der Waals surface area contributed by atoms with Crippen LogP contribution in [-0.4, -0.2) is 13.2 Å². The average Bonchev–Trinajstić information content (AvgIpc) is 2.48. The van der Waals surface area contributed by atoms with Crippen LogP contribution in [0.2, 0.25) is 10.0 Å². The Labute approximate surface area is 131 Å². The summed E-state index contributed by atoms with van der Waals surface area (Å²) in [7, 11) is 0. The summed E-state index contributed by atoms with van der Waals surface area (Å²) in [5, 5.41) is 0.419. The molecule has 0 aromatic heterocycles. The molecule has 6 heteroatoms. The van der Waals surface area contributed by atoms with Gasteiger partial charge < -0.3 is 15.2 Å². The lowest BCUT2D eigenvalue weighted by molar-refractivity contribution is 0.171. The zero-order chi connectivity index (χ0) is 15.0. The van der Waals surface area contributed by atoms with Gasteiger partial charge in [0.2, 0.25) is 0 Å². The molecule has 1 aliphatic heterocycles. The van der Waals surface area contributed by atoms with E-state index in [9.17, 15) is 4.39 Å². The van der Waals surface area contributed by atoms with Crippen molar-refractivity contribution in [2.24, 2.45) is 5.73 Å². The minimum atomic E-state index is -0.656. The van der Waals surface area contributed by atoms with Gasteiger partial charge in [-0.3, -0.25) is 0 Å². The molecular weight excluding hydrogens is 316 g/mol. The van der Waals surface area contributed by atoms with E-state index < -0.39 is 11.9 Å². The Hall–Kier alpha value is -1.49. The molecule has 2 aromatic carbocycles. The van der Waals surface area contributed by atoms with E-state index in [-0.39, 0.29) is 5.02 Å². The van der Waals surface area contributed by atoms with Gasteiger partial charge in [-0.15, -0.1) is 0 Å². The molecule has 0 amide bonds. The molecule has 1 aliphatic rings. The monoisotopic (exact) mass is 327 g/mol. The van der Waals surface area contributed by atoms with Crippen LogP contribution in [0.4, 0.5) is 4.39 Å².